The smallest absolute Gasteiger partial charge is 0.00199 e. The Kier molecular flexibility index (Phi) is 3.72. The van der Waals surface area contributed by atoms with Crippen molar-refractivity contribution in [2.24, 2.45) is 5.92 Å². The molecule has 3 rings (SSSR count). The van der Waals surface area contributed by atoms with Crippen LogP contribution in [0.25, 0.3) is 0 Å². The Morgan fingerprint density at radius 2 is 2.24 bits per heavy atom. The molecule has 0 bridgehead atoms. The van der Waals surface area contributed by atoms with Crippen LogP contribution in [0.5, 0.6) is 0 Å². The second kappa shape index (κ2) is 5.45. The number of hydrogen-bond donors (Lipinski definition) is 1. The average Bonchev–Trinajstić information content (AvgIpc) is 2.28. The topological polar surface area (TPSA) is 12.0 Å². The lowest BCUT2D eigenvalue weighted by molar-refractivity contribution is 0.376. The van der Waals surface area contributed by atoms with E-state index in [0.717, 1.165) is 11.8 Å². The highest BCUT2D eigenvalue weighted by molar-refractivity contribution is 8.00. The van der Waals surface area contributed by atoms with Crippen LogP contribution < -0.4 is 5.32 Å². The van der Waals surface area contributed by atoms with Gasteiger partial charge in [-0.25, -0.2) is 0 Å². The Bertz CT molecular complexity index is 367. The van der Waals surface area contributed by atoms with Crippen LogP contribution in [0.15, 0.2) is 24.3 Å². The quantitative estimate of drug-likeness (QED) is 0.881. The summed E-state index contributed by atoms with van der Waals surface area (Å²) in [6, 6.07) is 9.33. The van der Waals surface area contributed by atoms with Crippen LogP contribution in [0.1, 0.15) is 29.9 Å². The molecule has 2 heterocycles. The van der Waals surface area contributed by atoms with E-state index in [2.05, 4.69) is 41.3 Å². The van der Waals surface area contributed by atoms with Crippen LogP contribution in [-0.4, -0.2) is 24.6 Å². The molecular formula is C15H21NS. The van der Waals surface area contributed by atoms with Crippen LogP contribution in [0, 0.1) is 5.92 Å². The first-order valence-corrected chi connectivity index (χ1v) is 7.94. The third-order valence-corrected chi connectivity index (χ3v) is 5.26. The lowest BCUT2D eigenvalue weighted by Crippen LogP contribution is -2.30. The lowest BCUT2D eigenvalue weighted by Gasteiger charge is -2.26. The minimum Gasteiger partial charge on any atom is -0.316 e. The normalized spacial score (nSPS) is 25.5. The summed E-state index contributed by atoms with van der Waals surface area (Å²) in [4.78, 5) is 0. The summed E-state index contributed by atoms with van der Waals surface area (Å²) in [6.45, 7) is 2.43. The Morgan fingerprint density at radius 1 is 1.29 bits per heavy atom. The zero-order valence-corrected chi connectivity index (χ0v) is 11.1. The average molecular weight is 247 g/mol. The van der Waals surface area contributed by atoms with Gasteiger partial charge in [0.1, 0.15) is 0 Å². The van der Waals surface area contributed by atoms with Crippen LogP contribution in [-0.2, 0) is 6.42 Å². The number of hydrogen-bond acceptors (Lipinski definition) is 2. The van der Waals surface area contributed by atoms with E-state index in [4.69, 9.17) is 0 Å². The van der Waals surface area contributed by atoms with Gasteiger partial charge >= 0.3 is 0 Å². The summed E-state index contributed by atoms with van der Waals surface area (Å²) in [5, 5.41) is 3.51. The van der Waals surface area contributed by atoms with E-state index in [-0.39, 0.29) is 0 Å². The van der Waals surface area contributed by atoms with Crippen molar-refractivity contribution in [2.75, 3.05) is 24.6 Å². The molecule has 0 spiro atoms. The van der Waals surface area contributed by atoms with Crippen LogP contribution in [0.3, 0.4) is 0 Å². The summed E-state index contributed by atoms with van der Waals surface area (Å²) < 4.78 is 0. The van der Waals surface area contributed by atoms with Crippen LogP contribution in [0.2, 0.25) is 0 Å². The van der Waals surface area contributed by atoms with Gasteiger partial charge in [0.25, 0.3) is 0 Å². The summed E-state index contributed by atoms with van der Waals surface area (Å²) >= 11 is 2.07. The maximum Gasteiger partial charge on any atom is 0.00199 e. The van der Waals surface area contributed by atoms with Crippen molar-refractivity contribution in [3.63, 3.8) is 0 Å². The highest BCUT2D eigenvalue weighted by atomic mass is 32.2. The van der Waals surface area contributed by atoms with E-state index in [0.29, 0.717) is 0 Å². The number of rotatable bonds is 3. The minimum atomic E-state index is 0.837. The molecule has 1 atom stereocenters. The predicted molar refractivity (Wildman–Crippen MR) is 75.8 cm³/mol. The third kappa shape index (κ3) is 2.86. The zero-order valence-electron chi connectivity index (χ0n) is 10.3. The highest BCUT2D eigenvalue weighted by Crippen LogP contribution is 2.34. The van der Waals surface area contributed by atoms with Gasteiger partial charge in [-0.05, 0) is 49.4 Å². The fourth-order valence-corrected chi connectivity index (χ4v) is 3.69. The van der Waals surface area contributed by atoms with Gasteiger partial charge in [-0.3, -0.25) is 0 Å². The molecular weight excluding hydrogens is 226 g/mol. The second-order valence-corrected chi connectivity index (χ2v) is 6.47. The molecule has 2 aliphatic heterocycles. The second-order valence-electron chi connectivity index (χ2n) is 5.40. The standard InChI is InChI=1S/C15H21NS/c1-3-12(7-13-4-2-6-16-9-13)8-14(5-1)15-10-17-11-15/h1,3,5,8,13,15-16H,2,4,6-7,9-11H2. The van der Waals surface area contributed by atoms with Gasteiger partial charge in [-0.15, -0.1) is 0 Å². The largest absolute Gasteiger partial charge is 0.316 e. The van der Waals surface area contributed by atoms with Gasteiger partial charge in [0.2, 0.25) is 0 Å². The SMILES string of the molecule is c1cc(CC2CCCNC2)cc(C2CSC2)c1. The van der Waals surface area contributed by atoms with Crippen molar-refractivity contribution in [1.82, 2.24) is 5.32 Å². The number of piperidine rings is 1. The molecule has 0 radical (unpaired) electrons. The maximum atomic E-state index is 3.51. The minimum absolute atomic E-state index is 0.837. The van der Waals surface area contributed by atoms with Crippen molar-refractivity contribution in [2.45, 2.75) is 25.2 Å². The maximum absolute atomic E-state index is 3.51. The van der Waals surface area contributed by atoms with E-state index in [9.17, 15) is 0 Å². The van der Waals surface area contributed by atoms with Crippen LogP contribution in [0.4, 0.5) is 0 Å². The molecule has 2 heteroatoms. The Balaban J connectivity index is 1.65. The number of benzene rings is 1. The fourth-order valence-electron chi connectivity index (χ4n) is 2.83. The molecule has 1 unspecified atom stereocenters. The molecule has 92 valence electrons. The molecule has 0 saturated carbocycles. The monoisotopic (exact) mass is 247 g/mol. The molecule has 1 N–H and O–H groups in total. The van der Waals surface area contributed by atoms with E-state index in [1.807, 2.05) is 0 Å². The summed E-state index contributed by atoms with van der Waals surface area (Å²) in [7, 11) is 0. The highest BCUT2D eigenvalue weighted by Gasteiger charge is 2.20. The summed E-state index contributed by atoms with van der Waals surface area (Å²) in [5.74, 6) is 4.35. The molecule has 0 aliphatic carbocycles. The molecule has 17 heavy (non-hydrogen) atoms. The fraction of sp³-hybridized carbons (Fsp3) is 0.600. The molecule has 1 aromatic carbocycles. The lowest BCUT2D eigenvalue weighted by atomic mass is 9.90. The first-order valence-electron chi connectivity index (χ1n) is 6.79. The van der Waals surface area contributed by atoms with Gasteiger partial charge in [-0.1, -0.05) is 24.3 Å². The Morgan fingerprint density at radius 3 is 2.94 bits per heavy atom. The van der Waals surface area contributed by atoms with Gasteiger partial charge < -0.3 is 5.32 Å². The molecule has 1 nitrogen and oxygen atoms in total. The first kappa shape index (κ1) is 11.6. The zero-order chi connectivity index (χ0) is 11.5. The van der Waals surface area contributed by atoms with E-state index < -0.39 is 0 Å². The summed E-state index contributed by atoms with van der Waals surface area (Å²) in [5.41, 5.74) is 3.12. The Labute approximate surface area is 108 Å². The molecule has 2 fully saturated rings. The molecule has 1 aromatic rings. The van der Waals surface area contributed by atoms with E-state index in [1.165, 1.54) is 43.9 Å². The van der Waals surface area contributed by atoms with Crippen molar-refractivity contribution in [3.05, 3.63) is 35.4 Å². The Hall–Kier alpha value is -0.470. The molecule has 2 aliphatic rings. The van der Waals surface area contributed by atoms with Crippen molar-refractivity contribution in [3.8, 4) is 0 Å². The summed E-state index contributed by atoms with van der Waals surface area (Å²) in [6.07, 6.45) is 4.01. The van der Waals surface area contributed by atoms with Crippen molar-refractivity contribution in [1.29, 1.82) is 0 Å². The van der Waals surface area contributed by atoms with Gasteiger partial charge in [-0.2, -0.15) is 11.8 Å². The van der Waals surface area contributed by atoms with Gasteiger partial charge in [0.05, 0.1) is 0 Å². The number of nitrogens with one attached hydrogen (secondary N) is 1. The van der Waals surface area contributed by atoms with E-state index >= 15 is 0 Å². The molecule has 2 saturated heterocycles. The molecule has 0 amide bonds. The van der Waals surface area contributed by atoms with E-state index in [1.54, 1.807) is 11.1 Å². The van der Waals surface area contributed by atoms with Gasteiger partial charge in [0, 0.05) is 17.4 Å². The number of thioether (sulfide) groups is 1. The first-order chi connectivity index (χ1) is 8.42. The van der Waals surface area contributed by atoms with Gasteiger partial charge in [0.15, 0.2) is 0 Å². The predicted octanol–water partition coefficient (Wildman–Crippen LogP) is 3.06. The molecule has 0 aromatic heterocycles. The third-order valence-electron chi connectivity index (χ3n) is 3.98. The van der Waals surface area contributed by atoms with Crippen LogP contribution >= 0.6 is 11.8 Å². The van der Waals surface area contributed by atoms with Crippen molar-refractivity contribution < 1.29 is 0 Å². The van der Waals surface area contributed by atoms with Crippen molar-refractivity contribution >= 4 is 11.8 Å².